The maximum atomic E-state index is 12.1. The Morgan fingerprint density at radius 1 is 0.811 bits per heavy atom. The summed E-state index contributed by atoms with van der Waals surface area (Å²) in [6.45, 7) is 13.0. The lowest BCUT2D eigenvalue weighted by molar-refractivity contribution is -0.117. The van der Waals surface area contributed by atoms with E-state index in [1.54, 1.807) is 9.36 Å². The molecular weight excluding hydrogens is 519 g/mol. The number of methoxy groups -OCH3 is 1. The van der Waals surface area contributed by atoms with Gasteiger partial charge in [-0.1, -0.05) is 64.7 Å². The number of ether oxygens (including phenoxy) is 1. The summed E-state index contributed by atoms with van der Waals surface area (Å²) in [5.74, 6) is 0.172. The van der Waals surface area contributed by atoms with Gasteiger partial charge in [-0.25, -0.2) is 0 Å². The predicted molar refractivity (Wildman–Crippen MR) is 144 cm³/mol. The maximum Gasteiger partial charge on any atom is 0.296 e. The topological polar surface area (TPSA) is 106 Å². The number of aryl methyl sites for hydroxylation is 2. The molecule has 0 spiro atoms. The van der Waals surface area contributed by atoms with Crippen LogP contribution in [0.5, 0.6) is 0 Å². The van der Waals surface area contributed by atoms with Gasteiger partial charge >= 0.3 is 0 Å². The second-order valence-corrected chi connectivity index (χ2v) is 11.9. The summed E-state index contributed by atoms with van der Waals surface area (Å²) in [5, 5.41) is 18.7. The Bertz CT molecular complexity index is 1290. The van der Waals surface area contributed by atoms with Crippen molar-refractivity contribution in [2.75, 3.05) is 30.0 Å². The number of amides is 2. The van der Waals surface area contributed by atoms with Gasteiger partial charge in [-0.2, -0.15) is 10.2 Å². The highest BCUT2D eigenvalue weighted by Crippen LogP contribution is 2.31. The molecule has 2 aliphatic heterocycles. The molecule has 0 bridgehead atoms. The molecule has 0 aliphatic carbocycles. The number of nitrogens with zero attached hydrogens (tertiary/aromatic N) is 6. The van der Waals surface area contributed by atoms with Gasteiger partial charge in [-0.05, 0) is 0 Å². The van der Waals surface area contributed by atoms with E-state index in [1.165, 1.54) is 16.9 Å². The summed E-state index contributed by atoms with van der Waals surface area (Å²) < 4.78 is 8.55. The number of aliphatic hydroxyl groups excluding tert-OH is 1. The van der Waals surface area contributed by atoms with Crippen LogP contribution in [0.1, 0.15) is 52.9 Å². The summed E-state index contributed by atoms with van der Waals surface area (Å²) in [6, 6.07) is 3.77. The molecule has 4 heterocycles. The molecule has 0 atom stereocenters. The minimum absolute atomic E-state index is 0.0376. The van der Waals surface area contributed by atoms with Crippen molar-refractivity contribution >= 4 is 46.7 Å². The third-order valence-electron chi connectivity index (χ3n) is 6.01. The first-order chi connectivity index (χ1) is 17.0. The molecule has 2 aliphatic rings. The Morgan fingerprint density at radius 2 is 1.22 bits per heavy atom. The van der Waals surface area contributed by atoms with Gasteiger partial charge in [-0.3, -0.25) is 28.8 Å². The fourth-order valence-electron chi connectivity index (χ4n) is 4.19. The lowest BCUT2D eigenvalue weighted by atomic mass is 9.92. The van der Waals surface area contributed by atoms with Gasteiger partial charge in [0.25, 0.3) is 11.8 Å². The second-order valence-electron chi connectivity index (χ2n) is 11.0. The minimum Gasteiger partial charge on any atom is -0.502 e. The summed E-state index contributed by atoms with van der Waals surface area (Å²) in [4.78, 5) is 26.8. The van der Waals surface area contributed by atoms with E-state index in [1.807, 2.05) is 26.2 Å². The fraction of sp³-hybridized carbons (Fsp3) is 0.520. The molecule has 2 aromatic rings. The molecule has 37 heavy (non-hydrogen) atoms. The smallest absolute Gasteiger partial charge is 0.296 e. The normalized spacial score (nSPS) is 16.7. The van der Waals surface area contributed by atoms with Crippen molar-refractivity contribution in [1.82, 2.24) is 19.6 Å². The average Bonchev–Trinajstić information content (AvgIpc) is 3.50. The van der Waals surface area contributed by atoms with Crippen molar-refractivity contribution in [3.05, 3.63) is 45.1 Å². The highest BCUT2D eigenvalue weighted by Gasteiger charge is 2.35. The van der Waals surface area contributed by atoms with Gasteiger partial charge < -0.3 is 9.84 Å². The van der Waals surface area contributed by atoms with E-state index in [0.29, 0.717) is 23.2 Å². The van der Waals surface area contributed by atoms with Crippen molar-refractivity contribution in [2.24, 2.45) is 14.1 Å². The second kappa shape index (κ2) is 10.1. The summed E-state index contributed by atoms with van der Waals surface area (Å²) in [7, 11) is 5.15. The zero-order valence-corrected chi connectivity index (χ0v) is 24.2. The molecule has 202 valence electrons. The van der Waals surface area contributed by atoms with Crippen LogP contribution in [0.2, 0.25) is 0 Å². The standard InChI is InChI=1S/C13H18ClN3O2.C12H16ClN3O2/c1-13(2,3)9-6-10(15-16(9)4)17-7-8(14)11(19-5)12(17)18;1-12(2,3)8-5-9(14-15(8)4)16-6-7(13)10(17)11(16)18/h6H,7H2,1-5H3;5,17H,6H2,1-4H3. The van der Waals surface area contributed by atoms with E-state index >= 15 is 0 Å². The number of anilines is 2. The number of carbonyl (C=O) groups is 2. The van der Waals surface area contributed by atoms with Gasteiger partial charge in [0, 0.05) is 48.4 Å². The van der Waals surface area contributed by atoms with Crippen LogP contribution in [0.3, 0.4) is 0 Å². The number of hydrogen-bond acceptors (Lipinski definition) is 6. The first kappa shape index (κ1) is 28.6. The van der Waals surface area contributed by atoms with Crippen LogP contribution < -0.4 is 9.80 Å². The number of aromatic nitrogens is 4. The average molecular weight is 553 g/mol. The molecule has 10 nitrogen and oxygen atoms in total. The first-order valence-corrected chi connectivity index (χ1v) is 12.5. The van der Waals surface area contributed by atoms with Crippen molar-refractivity contribution in [3.63, 3.8) is 0 Å². The molecule has 0 aromatic carbocycles. The van der Waals surface area contributed by atoms with Crippen LogP contribution in [0.15, 0.2) is 33.7 Å². The monoisotopic (exact) mass is 552 g/mol. The molecular formula is C25H34Cl2N6O4. The first-order valence-electron chi connectivity index (χ1n) is 11.7. The summed E-state index contributed by atoms with van der Waals surface area (Å²) in [5.41, 5.74) is 1.96. The van der Waals surface area contributed by atoms with Gasteiger partial charge in [0.1, 0.15) is 0 Å². The maximum absolute atomic E-state index is 12.1. The largest absolute Gasteiger partial charge is 0.502 e. The van der Waals surface area contributed by atoms with Crippen molar-refractivity contribution in [1.29, 1.82) is 0 Å². The van der Waals surface area contributed by atoms with E-state index in [2.05, 4.69) is 51.7 Å². The molecule has 1 N–H and O–H groups in total. The Hall–Kier alpha value is -2.98. The Kier molecular flexibility index (Phi) is 7.77. The zero-order chi connectivity index (χ0) is 28.0. The lowest BCUT2D eigenvalue weighted by Crippen LogP contribution is -2.27. The molecule has 2 aromatic heterocycles. The molecule has 12 heteroatoms. The van der Waals surface area contributed by atoms with Gasteiger partial charge in [-0.15, -0.1) is 0 Å². The van der Waals surface area contributed by atoms with Crippen molar-refractivity contribution in [3.8, 4) is 0 Å². The molecule has 0 fully saturated rings. The van der Waals surface area contributed by atoms with Crippen LogP contribution in [0.4, 0.5) is 11.6 Å². The van der Waals surface area contributed by atoms with E-state index in [-0.39, 0.29) is 39.8 Å². The number of rotatable bonds is 3. The number of halogens is 2. The third-order valence-corrected chi connectivity index (χ3v) is 6.60. The van der Waals surface area contributed by atoms with Crippen LogP contribution in [0.25, 0.3) is 0 Å². The molecule has 2 amide bonds. The van der Waals surface area contributed by atoms with Crippen LogP contribution >= 0.6 is 23.2 Å². The zero-order valence-electron chi connectivity index (χ0n) is 22.7. The minimum atomic E-state index is -0.501. The predicted octanol–water partition coefficient (Wildman–Crippen LogP) is 4.23. The highest BCUT2D eigenvalue weighted by atomic mass is 35.5. The van der Waals surface area contributed by atoms with Gasteiger partial charge in [0.05, 0.1) is 30.3 Å². The molecule has 0 unspecified atom stereocenters. The number of aliphatic hydroxyl groups is 1. The van der Waals surface area contributed by atoms with E-state index in [4.69, 9.17) is 27.9 Å². The van der Waals surface area contributed by atoms with Crippen LogP contribution in [-0.2, 0) is 39.3 Å². The molecule has 0 radical (unpaired) electrons. The van der Waals surface area contributed by atoms with Gasteiger partial charge in [0.15, 0.2) is 17.4 Å². The number of hydrogen-bond donors (Lipinski definition) is 1. The Morgan fingerprint density at radius 3 is 1.51 bits per heavy atom. The summed E-state index contributed by atoms with van der Waals surface area (Å²) in [6.07, 6.45) is 0. The summed E-state index contributed by atoms with van der Waals surface area (Å²) >= 11 is 11.8. The van der Waals surface area contributed by atoms with Crippen LogP contribution in [-0.4, -0.2) is 56.7 Å². The van der Waals surface area contributed by atoms with E-state index in [9.17, 15) is 14.7 Å². The SMILES string of the molecule is COC1=C(Cl)CN(c2cc(C(C)(C)C)n(C)n2)C1=O.Cn1nc(N2CC(Cl)=C(O)C2=O)cc1C(C)(C)C. The molecule has 4 rings (SSSR count). The quantitative estimate of drug-likeness (QED) is 0.610. The third kappa shape index (κ3) is 5.65. The molecule has 0 saturated heterocycles. The van der Waals surface area contributed by atoms with Crippen LogP contribution in [0, 0.1) is 0 Å². The molecule has 0 saturated carbocycles. The number of carbonyl (C=O) groups excluding carboxylic acids is 2. The van der Waals surface area contributed by atoms with Crippen molar-refractivity contribution < 1.29 is 19.4 Å². The van der Waals surface area contributed by atoms with E-state index in [0.717, 1.165) is 11.4 Å². The van der Waals surface area contributed by atoms with Crippen molar-refractivity contribution in [2.45, 2.75) is 52.4 Å². The Labute approximate surface area is 227 Å². The Balaban J connectivity index is 0.000000206. The van der Waals surface area contributed by atoms with E-state index < -0.39 is 5.91 Å². The highest BCUT2D eigenvalue weighted by molar-refractivity contribution is 6.35. The van der Waals surface area contributed by atoms with Gasteiger partial charge in [0.2, 0.25) is 5.76 Å². The fourth-order valence-corrected chi connectivity index (χ4v) is 4.67. The lowest BCUT2D eigenvalue weighted by Gasteiger charge is -2.17.